The van der Waals surface area contributed by atoms with Gasteiger partial charge in [0.25, 0.3) is 0 Å². The molecule has 0 bridgehead atoms. The lowest BCUT2D eigenvalue weighted by Crippen LogP contribution is -2.29. The summed E-state index contributed by atoms with van der Waals surface area (Å²) in [6.45, 7) is 8.60. The number of aromatic nitrogens is 2. The van der Waals surface area contributed by atoms with Crippen LogP contribution in [0, 0.1) is 0 Å². The summed E-state index contributed by atoms with van der Waals surface area (Å²) in [7, 11) is -1.63. The highest BCUT2D eigenvalue weighted by atomic mass is 28.4. The molecule has 1 aromatic carbocycles. The molecule has 0 fully saturated rings. The quantitative estimate of drug-likeness (QED) is 0.622. The predicted octanol–water partition coefficient (Wildman–Crippen LogP) is 3.87. The molecule has 21 heavy (non-hydrogen) atoms. The average molecular weight is 299 g/mol. The van der Waals surface area contributed by atoms with Gasteiger partial charge in [0.05, 0.1) is 6.04 Å². The number of rotatable bonds is 5. The van der Waals surface area contributed by atoms with E-state index in [1.807, 2.05) is 18.2 Å². The minimum Gasteiger partial charge on any atom is -0.544 e. The first-order valence-corrected chi connectivity index (χ1v) is 10.4. The van der Waals surface area contributed by atoms with Gasteiger partial charge in [0, 0.05) is 29.7 Å². The van der Waals surface area contributed by atoms with Crippen molar-refractivity contribution >= 4 is 14.5 Å². The molecule has 0 radical (unpaired) electrons. The van der Waals surface area contributed by atoms with E-state index >= 15 is 0 Å². The number of hydrogen-bond donors (Lipinski definition) is 0. The van der Waals surface area contributed by atoms with E-state index in [1.165, 1.54) is 6.33 Å². The molecule has 0 N–H and O–H groups in total. The van der Waals surface area contributed by atoms with Gasteiger partial charge < -0.3 is 4.43 Å². The van der Waals surface area contributed by atoms with Gasteiger partial charge in [-0.1, -0.05) is 18.2 Å². The SMILES string of the molecule is CC(N=Cc1cncnc1)c1ccccc1O[Si](C)(C)C. The topological polar surface area (TPSA) is 47.4 Å². The van der Waals surface area contributed by atoms with Gasteiger partial charge in [-0.3, -0.25) is 4.99 Å². The van der Waals surface area contributed by atoms with Crippen LogP contribution in [0.3, 0.4) is 0 Å². The molecule has 1 aromatic heterocycles. The molecule has 2 aromatic rings. The van der Waals surface area contributed by atoms with Crippen LogP contribution in [0.4, 0.5) is 0 Å². The zero-order chi connectivity index (χ0) is 15.3. The van der Waals surface area contributed by atoms with E-state index in [0.717, 1.165) is 16.9 Å². The summed E-state index contributed by atoms with van der Waals surface area (Å²) in [6, 6.07) is 8.13. The smallest absolute Gasteiger partial charge is 0.242 e. The van der Waals surface area contributed by atoms with Crippen molar-refractivity contribution in [1.82, 2.24) is 9.97 Å². The van der Waals surface area contributed by atoms with Crippen molar-refractivity contribution in [3.63, 3.8) is 0 Å². The molecule has 2 rings (SSSR count). The number of hydrogen-bond acceptors (Lipinski definition) is 4. The van der Waals surface area contributed by atoms with Crippen molar-refractivity contribution in [2.24, 2.45) is 4.99 Å². The molecule has 0 spiro atoms. The molecule has 1 atom stereocenters. The summed E-state index contributed by atoms with van der Waals surface area (Å²) < 4.78 is 6.15. The fourth-order valence-corrected chi connectivity index (χ4v) is 2.75. The Morgan fingerprint density at radius 1 is 1.14 bits per heavy atom. The first-order valence-electron chi connectivity index (χ1n) is 7.02. The van der Waals surface area contributed by atoms with Crippen LogP contribution in [0.1, 0.15) is 24.1 Å². The van der Waals surface area contributed by atoms with E-state index in [-0.39, 0.29) is 6.04 Å². The Bertz CT molecular complexity index is 608. The Hall–Kier alpha value is -2.01. The molecule has 0 aliphatic rings. The number of para-hydroxylation sites is 1. The van der Waals surface area contributed by atoms with Crippen LogP contribution >= 0.6 is 0 Å². The van der Waals surface area contributed by atoms with Gasteiger partial charge in [0.15, 0.2) is 0 Å². The second-order valence-electron chi connectivity index (χ2n) is 5.88. The number of benzene rings is 1. The molecule has 1 heterocycles. The summed E-state index contributed by atoms with van der Waals surface area (Å²) in [6.07, 6.45) is 6.80. The van der Waals surface area contributed by atoms with Gasteiger partial charge >= 0.3 is 0 Å². The average Bonchev–Trinajstić information content (AvgIpc) is 2.45. The van der Waals surface area contributed by atoms with E-state index in [1.54, 1.807) is 18.6 Å². The Kier molecular flexibility index (Phi) is 4.85. The Morgan fingerprint density at radius 3 is 2.48 bits per heavy atom. The highest BCUT2D eigenvalue weighted by molar-refractivity contribution is 6.70. The lowest BCUT2D eigenvalue weighted by atomic mass is 10.1. The van der Waals surface area contributed by atoms with Crippen LogP contribution in [0.25, 0.3) is 0 Å². The lowest BCUT2D eigenvalue weighted by molar-refractivity contribution is 0.543. The highest BCUT2D eigenvalue weighted by Gasteiger charge is 2.19. The molecule has 0 aliphatic heterocycles. The third kappa shape index (κ3) is 4.79. The predicted molar refractivity (Wildman–Crippen MR) is 88.5 cm³/mol. The van der Waals surface area contributed by atoms with Gasteiger partial charge in [0.1, 0.15) is 12.1 Å². The molecular weight excluding hydrogens is 278 g/mol. The summed E-state index contributed by atoms with van der Waals surface area (Å²) in [4.78, 5) is 12.5. The van der Waals surface area contributed by atoms with Gasteiger partial charge in [-0.15, -0.1) is 0 Å². The number of aliphatic imine (C=N–C) groups is 1. The zero-order valence-electron chi connectivity index (χ0n) is 12.9. The summed E-state index contributed by atoms with van der Waals surface area (Å²) >= 11 is 0. The molecular formula is C16H21N3OSi. The maximum Gasteiger partial charge on any atom is 0.242 e. The van der Waals surface area contributed by atoms with Crippen molar-refractivity contribution in [3.05, 3.63) is 54.1 Å². The van der Waals surface area contributed by atoms with Crippen molar-refractivity contribution < 1.29 is 4.43 Å². The second kappa shape index (κ2) is 6.63. The third-order valence-electron chi connectivity index (χ3n) is 2.81. The van der Waals surface area contributed by atoms with E-state index in [2.05, 4.69) is 47.6 Å². The number of nitrogens with zero attached hydrogens (tertiary/aromatic N) is 3. The maximum atomic E-state index is 6.15. The van der Waals surface area contributed by atoms with E-state index in [9.17, 15) is 0 Å². The van der Waals surface area contributed by atoms with Gasteiger partial charge in [-0.05, 0) is 32.6 Å². The lowest BCUT2D eigenvalue weighted by Gasteiger charge is -2.22. The molecule has 1 unspecified atom stereocenters. The molecule has 0 saturated heterocycles. The van der Waals surface area contributed by atoms with Crippen LogP contribution in [-0.4, -0.2) is 24.5 Å². The van der Waals surface area contributed by atoms with Crippen LogP contribution in [0.15, 0.2) is 48.0 Å². The highest BCUT2D eigenvalue weighted by Crippen LogP contribution is 2.29. The second-order valence-corrected chi connectivity index (χ2v) is 10.3. The van der Waals surface area contributed by atoms with Gasteiger partial charge in [-0.2, -0.15) is 0 Å². The monoisotopic (exact) mass is 299 g/mol. The molecule has 0 amide bonds. The molecule has 0 aliphatic carbocycles. The fourth-order valence-electron chi connectivity index (χ4n) is 1.90. The standard InChI is InChI=1S/C16H21N3OSi/c1-13(19-11-14-9-17-12-18-10-14)15-7-5-6-8-16(15)20-21(2,3)4/h5-13H,1-4H3. The van der Waals surface area contributed by atoms with Crippen molar-refractivity contribution in [1.29, 1.82) is 0 Å². The van der Waals surface area contributed by atoms with E-state index < -0.39 is 8.32 Å². The van der Waals surface area contributed by atoms with Gasteiger partial charge in [0.2, 0.25) is 8.32 Å². The van der Waals surface area contributed by atoms with Crippen molar-refractivity contribution in [2.75, 3.05) is 0 Å². The molecule has 5 heteroatoms. The summed E-state index contributed by atoms with van der Waals surface area (Å²) in [5.41, 5.74) is 2.00. The summed E-state index contributed by atoms with van der Waals surface area (Å²) in [5, 5.41) is 0. The third-order valence-corrected chi connectivity index (χ3v) is 3.65. The largest absolute Gasteiger partial charge is 0.544 e. The first kappa shape index (κ1) is 15.4. The van der Waals surface area contributed by atoms with E-state index in [0.29, 0.717) is 0 Å². The summed E-state index contributed by atoms with van der Waals surface area (Å²) in [5.74, 6) is 0.936. The molecule has 110 valence electrons. The Morgan fingerprint density at radius 2 is 1.81 bits per heavy atom. The first-order chi connectivity index (χ1) is 9.96. The van der Waals surface area contributed by atoms with Gasteiger partial charge in [-0.25, -0.2) is 9.97 Å². The van der Waals surface area contributed by atoms with Crippen molar-refractivity contribution in [2.45, 2.75) is 32.6 Å². The maximum absolute atomic E-state index is 6.15. The fraction of sp³-hybridized carbons (Fsp3) is 0.312. The molecule has 0 saturated carbocycles. The Balaban J connectivity index is 2.19. The van der Waals surface area contributed by atoms with Crippen LogP contribution in [-0.2, 0) is 0 Å². The van der Waals surface area contributed by atoms with Crippen LogP contribution in [0.2, 0.25) is 19.6 Å². The minimum atomic E-state index is -1.63. The van der Waals surface area contributed by atoms with Crippen molar-refractivity contribution in [3.8, 4) is 5.75 Å². The van der Waals surface area contributed by atoms with Crippen LogP contribution < -0.4 is 4.43 Å². The minimum absolute atomic E-state index is 0.0257. The zero-order valence-corrected chi connectivity index (χ0v) is 13.9. The van der Waals surface area contributed by atoms with Crippen LogP contribution in [0.5, 0.6) is 5.75 Å². The molecule has 4 nitrogen and oxygen atoms in total. The normalized spacial score (nSPS) is 13.3. The van der Waals surface area contributed by atoms with E-state index in [4.69, 9.17) is 4.43 Å². The Labute approximate surface area is 127 Å².